The van der Waals surface area contributed by atoms with Gasteiger partial charge in [0.05, 0.1) is 25.2 Å². The quantitative estimate of drug-likeness (QED) is 0.620. The highest BCUT2D eigenvalue weighted by molar-refractivity contribution is 7.89. The van der Waals surface area contributed by atoms with Crippen LogP contribution in [0, 0.1) is 5.82 Å². The molecule has 158 valence electrons. The summed E-state index contributed by atoms with van der Waals surface area (Å²) < 4.78 is 48.2. The highest BCUT2D eigenvalue weighted by Crippen LogP contribution is 2.26. The Morgan fingerprint density at radius 1 is 1.27 bits per heavy atom. The Morgan fingerprint density at radius 3 is 2.77 bits per heavy atom. The van der Waals surface area contributed by atoms with Gasteiger partial charge in [0.25, 0.3) is 5.91 Å². The van der Waals surface area contributed by atoms with Crippen molar-refractivity contribution in [3.63, 3.8) is 0 Å². The molecule has 8 nitrogen and oxygen atoms in total. The highest BCUT2D eigenvalue weighted by atomic mass is 32.2. The summed E-state index contributed by atoms with van der Waals surface area (Å²) in [4.78, 5) is 16.6. The third-order valence-electron chi connectivity index (χ3n) is 4.67. The van der Waals surface area contributed by atoms with Crippen LogP contribution in [0.2, 0.25) is 0 Å². The number of nitrogens with one attached hydrogen (secondary N) is 1. The Labute approximate surface area is 177 Å². The van der Waals surface area contributed by atoms with Gasteiger partial charge in [0.1, 0.15) is 15.6 Å². The zero-order valence-electron chi connectivity index (χ0n) is 15.8. The monoisotopic (exact) mass is 450 g/mol. The third-order valence-corrected chi connectivity index (χ3v) is 7.65. The summed E-state index contributed by atoms with van der Waals surface area (Å²) in [6.07, 6.45) is 4.68. The summed E-state index contributed by atoms with van der Waals surface area (Å²) in [6.45, 7) is 1.22. The van der Waals surface area contributed by atoms with E-state index in [0.29, 0.717) is 24.5 Å². The normalized spacial score (nSPS) is 15.2. The Kier molecular flexibility index (Phi) is 5.95. The third kappa shape index (κ3) is 4.15. The van der Waals surface area contributed by atoms with Crippen LogP contribution >= 0.6 is 11.3 Å². The SMILES string of the molecule is O=C(NCc1ccc(-n2ccnc2)c(F)c1)c1sccc1S(=O)(=O)N1CCOCC1. The molecule has 2 aromatic heterocycles. The fourth-order valence-corrected chi connectivity index (χ4v) is 5.85. The molecule has 0 spiro atoms. The van der Waals surface area contributed by atoms with Crippen molar-refractivity contribution in [1.29, 1.82) is 0 Å². The smallest absolute Gasteiger partial charge is 0.263 e. The van der Waals surface area contributed by atoms with Crippen molar-refractivity contribution in [2.45, 2.75) is 11.4 Å². The number of hydrogen-bond donors (Lipinski definition) is 1. The van der Waals surface area contributed by atoms with E-state index in [9.17, 15) is 17.6 Å². The van der Waals surface area contributed by atoms with E-state index in [2.05, 4.69) is 10.3 Å². The van der Waals surface area contributed by atoms with Gasteiger partial charge in [0.2, 0.25) is 10.0 Å². The van der Waals surface area contributed by atoms with Crippen molar-refractivity contribution in [3.8, 4) is 5.69 Å². The largest absolute Gasteiger partial charge is 0.379 e. The topological polar surface area (TPSA) is 93.5 Å². The maximum absolute atomic E-state index is 14.4. The fourth-order valence-electron chi connectivity index (χ4n) is 3.13. The van der Waals surface area contributed by atoms with Gasteiger partial charge in [0, 0.05) is 32.0 Å². The summed E-state index contributed by atoms with van der Waals surface area (Å²) in [5, 5.41) is 4.25. The van der Waals surface area contributed by atoms with Crippen molar-refractivity contribution < 1.29 is 22.3 Å². The minimum absolute atomic E-state index is 0.0199. The van der Waals surface area contributed by atoms with Gasteiger partial charge in [-0.25, -0.2) is 17.8 Å². The van der Waals surface area contributed by atoms with Gasteiger partial charge < -0.3 is 14.6 Å². The van der Waals surface area contributed by atoms with Crippen LogP contribution in [-0.4, -0.2) is 54.5 Å². The molecule has 30 heavy (non-hydrogen) atoms. The molecule has 0 unspecified atom stereocenters. The van der Waals surface area contributed by atoms with Gasteiger partial charge in [0.15, 0.2) is 0 Å². The number of halogens is 1. The molecule has 1 fully saturated rings. The first kappa shape index (κ1) is 20.7. The predicted octanol–water partition coefficient (Wildman–Crippen LogP) is 2.02. The maximum atomic E-state index is 14.4. The average Bonchev–Trinajstić information content (AvgIpc) is 3.45. The fraction of sp³-hybridized carbons (Fsp3) is 0.263. The molecule has 4 rings (SSSR count). The van der Waals surface area contributed by atoms with Gasteiger partial charge in [-0.3, -0.25) is 4.79 Å². The molecule has 1 N–H and O–H groups in total. The van der Waals surface area contributed by atoms with Gasteiger partial charge in [-0.1, -0.05) is 6.07 Å². The van der Waals surface area contributed by atoms with Crippen molar-refractivity contribution in [2.24, 2.45) is 0 Å². The summed E-state index contributed by atoms with van der Waals surface area (Å²) in [7, 11) is -3.78. The van der Waals surface area contributed by atoms with Crippen LogP contribution in [0.3, 0.4) is 0 Å². The summed E-state index contributed by atoms with van der Waals surface area (Å²) in [6, 6.07) is 6.05. The van der Waals surface area contributed by atoms with E-state index in [0.717, 1.165) is 11.3 Å². The molecule has 0 bridgehead atoms. The number of aromatic nitrogens is 2. The van der Waals surface area contributed by atoms with E-state index in [1.807, 2.05) is 0 Å². The number of ether oxygens (including phenoxy) is 1. The minimum Gasteiger partial charge on any atom is -0.379 e. The van der Waals surface area contributed by atoms with E-state index in [4.69, 9.17) is 4.74 Å². The van der Waals surface area contributed by atoms with Crippen molar-refractivity contribution in [3.05, 3.63) is 64.6 Å². The number of imidazole rings is 1. The highest BCUT2D eigenvalue weighted by Gasteiger charge is 2.31. The molecule has 0 aliphatic carbocycles. The second-order valence-corrected chi connectivity index (χ2v) is 9.39. The molecule has 11 heteroatoms. The van der Waals surface area contributed by atoms with E-state index in [1.165, 1.54) is 22.8 Å². The molecule has 0 radical (unpaired) electrons. The van der Waals surface area contributed by atoms with E-state index in [-0.39, 0.29) is 29.4 Å². The number of thiophene rings is 1. The maximum Gasteiger partial charge on any atom is 0.263 e. The van der Waals surface area contributed by atoms with Gasteiger partial charge in [-0.15, -0.1) is 11.3 Å². The number of nitrogens with zero attached hydrogens (tertiary/aromatic N) is 3. The van der Waals surface area contributed by atoms with Gasteiger partial charge in [-0.2, -0.15) is 4.31 Å². The van der Waals surface area contributed by atoms with Crippen LogP contribution in [0.25, 0.3) is 5.69 Å². The minimum atomic E-state index is -3.78. The molecule has 0 saturated carbocycles. The molecule has 1 saturated heterocycles. The van der Waals surface area contributed by atoms with Crippen LogP contribution in [-0.2, 0) is 21.3 Å². The first-order valence-electron chi connectivity index (χ1n) is 9.17. The van der Waals surface area contributed by atoms with E-state index in [1.54, 1.807) is 34.5 Å². The Hall–Kier alpha value is -2.60. The van der Waals surface area contributed by atoms with Crippen LogP contribution in [0.4, 0.5) is 4.39 Å². The van der Waals surface area contributed by atoms with E-state index >= 15 is 0 Å². The number of carbonyl (C=O) groups excluding carboxylic acids is 1. The Bertz CT molecular complexity index is 1140. The number of carbonyl (C=O) groups is 1. The van der Waals surface area contributed by atoms with Gasteiger partial charge >= 0.3 is 0 Å². The average molecular weight is 451 g/mol. The molecule has 0 atom stereocenters. The summed E-state index contributed by atoms with van der Waals surface area (Å²) >= 11 is 1.05. The molecular formula is C19H19FN4O4S2. The zero-order chi connectivity index (χ0) is 21.1. The standard InChI is InChI=1S/C19H19FN4O4S2/c20-15-11-14(1-2-16(15)23-5-4-21-13-23)12-22-19(25)18-17(3-10-29-18)30(26,27)24-6-8-28-9-7-24/h1-5,10-11,13H,6-9,12H2,(H,22,25). The predicted molar refractivity (Wildman–Crippen MR) is 109 cm³/mol. The number of sulfonamides is 1. The molecule has 1 aliphatic rings. The molecule has 3 aromatic rings. The lowest BCUT2D eigenvalue weighted by atomic mass is 10.2. The first-order valence-corrected chi connectivity index (χ1v) is 11.5. The van der Waals surface area contributed by atoms with Crippen LogP contribution < -0.4 is 5.32 Å². The first-order chi connectivity index (χ1) is 14.5. The molecule has 1 amide bonds. The zero-order valence-corrected chi connectivity index (χ0v) is 17.5. The van der Waals surface area contributed by atoms with Crippen molar-refractivity contribution in [1.82, 2.24) is 19.2 Å². The van der Waals surface area contributed by atoms with Crippen LogP contribution in [0.1, 0.15) is 15.2 Å². The lowest BCUT2D eigenvalue weighted by Crippen LogP contribution is -2.41. The van der Waals surface area contributed by atoms with Gasteiger partial charge in [-0.05, 0) is 29.1 Å². The molecular weight excluding hydrogens is 431 g/mol. The number of rotatable bonds is 6. The number of hydrogen-bond acceptors (Lipinski definition) is 6. The van der Waals surface area contributed by atoms with E-state index < -0.39 is 21.7 Å². The second-order valence-electron chi connectivity index (χ2n) is 6.57. The van der Waals surface area contributed by atoms with Crippen LogP contribution in [0.5, 0.6) is 0 Å². The van der Waals surface area contributed by atoms with Crippen LogP contribution in [0.15, 0.2) is 53.3 Å². The summed E-state index contributed by atoms with van der Waals surface area (Å²) in [5.41, 5.74) is 0.901. The lowest BCUT2D eigenvalue weighted by molar-refractivity contribution is 0.0730. The number of morpholine rings is 1. The molecule has 1 aliphatic heterocycles. The Balaban J connectivity index is 1.47. The Morgan fingerprint density at radius 2 is 2.07 bits per heavy atom. The molecule has 3 heterocycles. The molecule has 1 aromatic carbocycles. The second kappa shape index (κ2) is 8.64. The summed E-state index contributed by atoms with van der Waals surface area (Å²) in [5.74, 6) is -0.970. The number of amides is 1. The lowest BCUT2D eigenvalue weighted by Gasteiger charge is -2.26. The van der Waals surface area contributed by atoms with Crippen molar-refractivity contribution in [2.75, 3.05) is 26.3 Å². The number of benzene rings is 1. The van der Waals surface area contributed by atoms with Crippen molar-refractivity contribution >= 4 is 27.3 Å².